The smallest absolute Gasteiger partial charge is 0.191 e. The van der Waals surface area contributed by atoms with Crippen LogP contribution in [0, 0.1) is 0 Å². The van der Waals surface area contributed by atoms with Crippen molar-refractivity contribution in [2.45, 2.75) is 58.4 Å². The average molecular weight is 422 g/mol. The molecule has 0 unspecified atom stereocenters. The number of hydrogen-bond acceptors (Lipinski definition) is 3. The van der Waals surface area contributed by atoms with E-state index in [1.165, 1.54) is 36.4 Å². The van der Waals surface area contributed by atoms with Gasteiger partial charge >= 0.3 is 0 Å². The van der Waals surface area contributed by atoms with Crippen LogP contribution in [0.2, 0.25) is 0 Å². The van der Waals surface area contributed by atoms with Crippen molar-refractivity contribution in [2.75, 3.05) is 13.1 Å². The van der Waals surface area contributed by atoms with Crippen LogP contribution in [0.5, 0.6) is 0 Å². The van der Waals surface area contributed by atoms with Crippen LogP contribution in [0.3, 0.4) is 0 Å². The molecule has 0 radical (unpaired) electrons. The Hall–Kier alpha value is -0.370. The summed E-state index contributed by atoms with van der Waals surface area (Å²) in [5.41, 5.74) is 1.17. The summed E-state index contributed by atoms with van der Waals surface area (Å²) in [4.78, 5) is 9.25. The Morgan fingerprint density at radius 2 is 2.14 bits per heavy atom. The lowest BCUT2D eigenvalue weighted by atomic mass is 10.2. The van der Waals surface area contributed by atoms with Gasteiger partial charge in [0.1, 0.15) is 0 Å². The molecule has 0 aromatic carbocycles. The second-order valence-corrected chi connectivity index (χ2v) is 6.17. The molecule has 6 heteroatoms. The zero-order valence-corrected chi connectivity index (χ0v) is 16.2. The molecule has 1 aliphatic rings. The predicted molar refractivity (Wildman–Crippen MR) is 102 cm³/mol. The number of rotatable bonds is 6. The molecule has 1 fully saturated rings. The predicted octanol–water partition coefficient (Wildman–Crippen LogP) is 3.36. The van der Waals surface area contributed by atoms with Crippen LogP contribution in [0.1, 0.15) is 50.2 Å². The summed E-state index contributed by atoms with van der Waals surface area (Å²) in [6.45, 7) is 5.97. The fourth-order valence-corrected chi connectivity index (χ4v) is 3.27. The van der Waals surface area contributed by atoms with Gasteiger partial charge in [0.15, 0.2) is 5.96 Å². The Kier molecular flexibility index (Phi) is 9.23. The Labute approximate surface area is 149 Å². The first kappa shape index (κ1) is 18.7. The molecule has 0 bridgehead atoms. The Bertz CT molecular complexity index is 427. The maximum atomic E-state index is 4.67. The molecule has 0 aliphatic heterocycles. The van der Waals surface area contributed by atoms with E-state index in [4.69, 9.17) is 0 Å². The third-order valence-corrected chi connectivity index (χ3v) is 4.62. The summed E-state index contributed by atoms with van der Waals surface area (Å²) < 4.78 is 0. The molecule has 120 valence electrons. The van der Waals surface area contributed by atoms with E-state index in [0.29, 0.717) is 6.04 Å². The van der Waals surface area contributed by atoms with Crippen molar-refractivity contribution in [3.8, 4) is 0 Å². The lowest BCUT2D eigenvalue weighted by Crippen LogP contribution is -2.42. The van der Waals surface area contributed by atoms with Crippen molar-refractivity contribution < 1.29 is 0 Å². The maximum Gasteiger partial charge on any atom is 0.191 e. The van der Waals surface area contributed by atoms with Gasteiger partial charge in [-0.2, -0.15) is 0 Å². The van der Waals surface area contributed by atoms with Gasteiger partial charge in [-0.1, -0.05) is 19.8 Å². The van der Waals surface area contributed by atoms with Crippen LogP contribution in [-0.4, -0.2) is 30.1 Å². The van der Waals surface area contributed by atoms with E-state index in [2.05, 4.69) is 39.8 Å². The lowest BCUT2D eigenvalue weighted by molar-refractivity contribution is 0.614. The Morgan fingerprint density at radius 1 is 1.38 bits per heavy atom. The van der Waals surface area contributed by atoms with Gasteiger partial charge in [-0.05, 0) is 26.2 Å². The zero-order valence-electron chi connectivity index (χ0n) is 13.0. The fraction of sp³-hybridized carbons (Fsp3) is 0.733. The topological polar surface area (TPSA) is 49.3 Å². The molecule has 1 aromatic rings. The highest BCUT2D eigenvalue weighted by atomic mass is 127. The van der Waals surface area contributed by atoms with Crippen molar-refractivity contribution >= 4 is 41.3 Å². The van der Waals surface area contributed by atoms with E-state index in [1.54, 1.807) is 11.3 Å². The van der Waals surface area contributed by atoms with Crippen LogP contribution in [0.25, 0.3) is 0 Å². The van der Waals surface area contributed by atoms with Gasteiger partial charge in [-0.3, -0.25) is 4.99 Å². The van der Waals surface area contributed by atoms with Crippen LogP contribution in [-0.2, 0) is 12.8 Å². The largest absolute Gasteiger partial charge is 0.357 e. The molecule has 4 nitrogen and oxygen atoms in total. The molecule has 1 saturated carbocycles. The summed E-state index contributed by atoms with van der Waals surface area (Å²) in [7, 11) is 0. The van der Waals surface area contributed by atoms with Crippen molar-refractivity contribution in [3.05, 3.63) is 16.1 Å². The molecule has 0 amide bonds. The van der Waals surface area contributed by atoms with Crippen molar-refractivity contribution in [2.24, 2.45) is 4.99 Å². The first-order valence-corrected chi connectivity index (χ1v) is 8.68. The van der Waals surface area contributed by atoms with Gasteiger partial charge in [0.2, 0.25) is 0 Å². The Morgan fingerprint density at radius 3 is 2.76 bits per heavy atom. The van der Waals surface area contributed by atoms with Crippen LogP contribution < -0.4 is 10.6 Å². The van der Waals surface area contributed by atoms with Crippen molar-refractivity contribution in [1.29, 1.82) is 0 Å². The zero-order chi connectivity index (χ0) is 14.2. The quantitative estimate of drug-likeness (QED) is 0.420. The average Bonchev–Trinajstić information content (AvgIpc) is 3.10. The van der Waals surface area contributed by atoms with E-state index in [-0.39, 0.29) is 24.0 Å². The molecular formula is C15H27IN4S. The number of aliphatic imine (C=N–C) groups is 1. The van der Waals surface area contributed by atoms with E-state index >= 15 is 0 Å². The molecule has 0 saturated heterocycles. The summed E-state index contributed by atoms with van der Waals surface area (Å²) in [6.07, 6.45) is 7.19. The normalized spacial score (nSPS) is 15.8. The van der Waals surface area contributed by atoms with Gasteiger partial charge in [0.25, 0.3) is 0 Å². The summed E-state index contributed by atoms with van der Waals surface area (Å²) in [5.74, 6) is 0.963. The lowest BCUT2D eigenvalue weighted by Gasteiger charge is -2.16. The molecule has 0 spiro atoms. The van der Waals surface area contributed by atoms with Gasteiger partial charge in [-0.25, -0.2) is 4.98 Å². The van der Waals surface area contributed by atoms with Crippen LogP contribution >= 0.6 is 35.3 Å². The molecule has 1 heterocycles. The number of thiazole rings is 1. The number of nitrogens with zero attached hydrogens (tertiary/aromatic N) is 2. The highest BCUT2D eigenvalue weighted by Crippen LogP contribution is 2.17. The number of halogens is 1. The van der Waals surface area contributed by atoms with E-state index in [0.717, 1.165) is 31.9 Å². The van der Waals surface area contributed by atoms with Crippen LogP contribution in [0.15, 0.2) is 10.4 Å². The van der Waals surface area contributed by atoms with E-state index in [1.807, 2.05) is 0 Å². The number of aromatic nitrogens is 1. The first-order chi connectivity index (χ1) is 9.81. The fourth-order valence-electron chi connectivity index (χ4n) is 2.49. The monoisotopic (exact) mass is 422 g/mol. The molecule has 21 heavy (non-hydrogen) atoms. The SMILES string of the molecule is CCNC(=NCCc1csc(CC)n1)NC1CCCC1.I. The standard InChI is InChI=1S/C15H26N4S.HI/c1-3-14-18-13(11-20-14)9-10-17-15(16-4-2)19-12-7-5-6-8-12;/h11-12H,3-10H2,1-2H3,(H2,16,17,19);1H. The minimum Gasteiger partial charge on any atom is -0.357 e. The van der Waals surface area contributed by atoms with Gasteiger partial charge < -0.3 is 10.6 Å². The van der Waals surface area contributed by atoms with E-state index < -0.39 is 0 Å². The highest BCUT2D eigenvalue weighted by molar-refractivity contribution is 14.0. The molecular weight excluding hydrogens is 395 g/mol. The van der Waals surface area contributed by atoms with E-state index in [9.17, 15) is 0 Å². The van der Waals surface area contributed by atoms with Gasteiger partial charge in [0.05, 0.1) is 10.7 Å². The molecule has 1 aliphatic carbocycles. The third kappa shape index (κ3) is 6.50. The Balaban J connectivity index is 0.00000220. The molecule has 2 N–H and O–H groups in total. The molecule has 2 rings (SSSR count). The van der Waals surface area contributed by atoms with Crippen molar-refractivity contribution in [3.63, 3.8) is 0 Å². The van der Waals surface area contributed by atoms with Gasteiger partial charge in [0, 0.05) is 30.9 Å². The summed E-state index contributed by atoms with van der Waals surface area (Å²) in [6, 6.07) is 0.610. The number of nitrogens with one attached hydrogen (secondary N) is 2. The summed E-state index contributed by atoms with van der Waals surface area (Å²) >= 11 is 1.75. The number of aryl methyl sites for hydroxylation is 1. The summed E-state index contributed by atoms with van der Waals surface area (Å²) in [5, 5.41) is 10.3. The van der Waals surface area contributed by atoms with Gasteiger partial charge in [-0.15, -0.1) is 35.3 Å². The minimum absolute atomic E-state index is 0. The molecule has 1 aromatic heterocycles. The minimum atomic E-state index is 0. The molecule has 0 atom stereocenters. The first-order valence-electron chi connectivity index (χ1n) is 7.80. The number of guanidine groups is 1. The number of hydrogen-bond donors (Lipinski definition) is 2. The third-order valence-electron chi connectivity index (χ3n) is 3.58. The maximum absolute atomic E-state index is 4.67. The highest BCUT2D eigenvalue weighted by Gasteiger charge is 2.15. The second kappa shape index (κ2) is 10.4. The van der Waals surface area contributed by atoms with Crippen LogP contribution in [0.4, 0.5) is 0 Å². The van der Waals surface area contributed by atoms with Crippen molar-refractivity contribution in [1.82, 2.24) is 15.6 Å². The second-order valence-electron chi connectivity index (χ2n) is 5.22.